The minimum absolute atomic E-state index is 0.178. The van der Waals surface area contributed by atoms with Crippen molar-refractivity contribution in [2.45, 2.75) is 71.9 Å². The van der Waals surface area contributed by atoms with E-state index in [1.165, 1.54) is 11.1 Å². The average molecular weight is 456 g/mol. The predicted octanol–water partition coefficient (Wildman–Crippen LogP) is 5.35. The lowest BCUT2D eigenvalue weighted by Gasteiger charge is -2.38. The highest BCUT2D eigenvalue weighted by molar-refractivity contribution is 5.96. The normalized spacial score (nSPS) is 15.2. The number of aryl methyl sites for hydroxylation is 1. The fourth-order valence-electron chi connectivity index (χ4n) is 4.13. The molecule has 3 rings (SSSR count). The molecule has 2 amide bonds. The molecule has 8 nitrogen and oxygen atoms in total. The van der Waals surface area contributed by atoms with E-state index in [4.69, 9.17) is 9.47 Å². The van der Waals surface area contributed by atoms with Gasteiger partial charge in [-0.05, 0) is 51.8 Å². The molecule has 1 aliphatic heterocycles. The molecule has 2 N–H and O–H groups in total. The lowest BCUT2D eigenvalue weighted by Crippen LogP contribution is -2.55. The van der Waals surface area contributed by atoms with Gasteiger partial charge in [-0.1, -0.05) is 26.8 Å². The second kappa shape index (κ2) is 8.92. The zero-order valence-electron chi connectivity index (χ0n) is 20.4. The molecular formula is C25H33N3O5. The highest BCUT2D eigenvalue weighted by atomic mass is 16.5. The van der Waals surface area contributed by atoms with Crippen LogP contribution in [0, 0.1) is 6.92 Å². The van der Waals surface area contributed by atoms with Crippen LogP contribution in [0.2, 0.25) is 0 Å². The summed E-state index contributed by atoms with van der Waals surface area (Å²) in [7, 11) is 0. The van der Waals surface area contributed by atoms with Crippen LogP contribution < -0.4 is 14.8 Å². The molecular weight excluding hydrogens is 422 g/mol. The molecule has 0 fully saturated rings. The van der Waals surface area contributed by atoms with E-state index in [1.54, 1.807) is 39.8 Å². The molecule has 2 aromatic rings. The molecule has 0 unspecified atom stereocenters. The van der Waals surface area contributed by atoms with Crippen LogP contribution >= 0.6 is 0 Å². The summed E-state index contributed by atoms with van der Waals surface area (Å²) in [5.41, 5.74) is 1.64. The van der Waals surface area contributed by atoms with Crippen LogP contribution in [0.25, 0.3) is 0 Å². The van der Waals surface area contributed by atoms with E-state index < -0.39 is 23.6 Å². The van der Waals surface area contributed by atoms with Crippen LogP contribution in [0.1, 0.15) is 59.1 Å². The Hall–Kier alpha value is -3.29. The Labute approximate surface area is 194 Å². The number of rotatable bonds is 6. The van der Waals surface area contributed by atoms with Crippen LogP contribution in [0.3, 0.4) is 0 Å². The van der Waals surface area contributed by atoms with E-state index in [1.807, 2.05) is 19.1 Å². The number of nitrogens with zero attached hydrogens (tertiary/aromatic N) is 2. The largest absolute Gasteiger partial charge is 0.492 e. The van der Waals surface area contributed by atoms with Gasteiger partial charge in [-0.2, -0.15) is 0 Å². The zero-order chi connectivity index (χ0) is 24.6. The number of ether oxygens (including phenoxy) is 2. The van der Waals surface area contributed by atoms with Gasteiger partial charge in [0, 0.05) is 22.6 Å². The first-order valence-electron chi connectivity index (χ1n) is 11.1. The molecule has 1 atom stereocenters. The summed E-state index contributed by atoms with van der Waals surface area (Å²) in [4.78, 5) is 30.1. The molecule has 178 valence electrons. The Bertz CT molecular complexity index is 1040. The van der Waals surface area contributed by atoms with Crippen molar-refractivity contribution in [3.8, 4) is 17.4 Å². The van der Waals surface area contributed by atoms with Gasteiger partial charge in [0.25, 0.3) is 0 Å². The van der Waals surface area contributed by atoms with Crippen LogP contribution in [0.4, 0.5) is 10.5 Å². The van der Waals surface area contributed by atoms with E-state index in [0.29, 0.717) is 30.3 Å². The van der Waals surface area contributed by atoms with Gasteiger partial charge in [0.1, 0.15) is 17.5 Å². The molecule has 0 bridgehead atoms. The van der Waals surface area contributed by atoms with E-state index in [2.05, 4.69) is 24.1 Å². The average Bonchev–Trinajstić information content (AvgIpc) is 3.04. The van der Waals surface area contributed by atoms with Crippen molar-refractivity contribution in [1.82, 2.24) is 9.88 Å². The van der Waals surface area contributed by atoms with Crippen molar-refractivity contribution in [1.29, 1.82) is 0 Å². The quantitative estimate of drug-likeness (QED) is 0.609. The van der Waals surface area contributed by atoms with Crippen LogP contribution in [-0.2, 0) is 10.2 Å². The lowest BCUT2D eigenvalue weighted by molar-refractivity contribution is -0.122. The summed E-state index contributed by atoms with van der Waals surface area (Å²) < 4.78 is 12.0. The first kappa shape index (κ1) is 24.4. The van der Waals surface area contributed by atoms with Crippen molar-refractivity contribution >= 4 is 17.7 Å². The third-order valence-corrected chi connectivity index (χ3v) is 5.72. The van der Waals surface area contributed by atoms with Gasteiger partial charge in [-0.15, -0.1) is 0 Å². The molecule has 33 heavy (non-hydrogen) atoms. The molecule has 8 heteroatoms. The number of carbonyl (C=O) groups excluding carboxylic acids is 1. The van der Waals surface area contributed by atoms with E-state index in [9.17, 15) is 14.7 Å². The third kappa shape index (κ3) is 5.05. The van der Waals surface area contributed by atoms with Gasteiger partial charge in [0.2, 0.25) is 11.8 Å². The van der Waals surface area contributed by atoms with E-state index in [-0.39, 0.29) is 5.41 Å². The van der Waals surface area contributed by atoms with Crippen molar-refractivity contribution < 1.29 is 24.2 Å². The molecule has 1 aromatic heterocycles. The molecule has 1 aliphatic rings. The molecule has 0 aliphatic carbocycles. The SMILES string of the molecule is CC[C@H](C(=O)Nc1ccc(Oc2ccc(C)c3c2C(C)(C)CO3)nc1)N(C(=O)O)C(C)(C)C. The van der Waals surface area contributed by atoms with Gasteiger partial charge in [0.05, 0.1) is 18.5 Å². The number of carbonyl (C=O) groups is 2. The molecule has 0 saturated carbocycles. The predicted molar refractivity (Wildman–Crippen MR) is 126 cm³/mol. The van der Waals surface area contributed by atoms with Gasteiger partial charge in [0.15, 0.2) is 0 Å². The Morgan fingerprint density at radius 1 is 1.27 bits per heavy atom. The Morgan fingerprint density at radius 2 is 1.97 bits per heavy atom. The Balaban J connectivity index is 1.76. The first-order chi connectivity index (χ1) is 15.3. The highest BCUT2D eigenvalue weighted by Crippen LogP contribution is 2.47. The summed E-state index contributed by atoms with van der Waals surface area (Å²) in [6, 6.07) is 6.41. The highest BCUT2D eigenvalue weighted by Gasteiger charge is 2.37. The maximum absolute atomic E-state index is 12.9. The zero-order valence-corrected chi connectivity index (χ0v) is 20.4. The summed E-state index contributed by atoms with van der Waals surface area (Å²) in [6.07, 6.45) is 0.711. The Morgan fingerprint density at radius 3 is 2.52 bits per heavy atom. The number of nitrogens with one attached hydrogen (secondary N) is 1. The fraction of sp³-hybridized carbons (Fsp3) is 0.480. The summed E-state index contributed by atoms with van der Waals surface area (Å²) >= 11 is 0. The van der Waals surface area contributed by atoms with Crippen LogP contribution in [0.5, 0.6) is 17.4 Å². The minimum Gasteiger partial charge on any atom is -0.492 e. The van der Waals surface area contributed by atoms with Crippen molar-refractivity contribution in [3.63, 3.8) is 0 Å². The number of benzene rings is 1. The number of carboxylic acid groups (broad SMARTS) is 1. The van der Waals surface area contributed by atoms with Gasteiger partial charge in [-0.3, -0.25) is 9.69 Å². The smallest absolute Gasteiger partial charge is 0.408 e. The standard InChI is InChI=1S/C25H33N3O5/c1-8-17(28(23(30)31)24(3,4)5)22(29)27-16-10-12-19(26-13-16)33-18-11-9-15(2)21-20(18)25(6,7)14-32-21/h9-13,17H,8,14H2,1-7H3,(H,27,29)(H,30,31)/t17-/m1/s1. The van der Waals surface area contributed by atoms with Crippen molar-refractivity contribution in [2.24, 2.45) is 0 Å². The Kier molecular flexibility index (Phi) is 6.58. The van der Waals surface area contributed by atoms with Crippen molar-refractivity contribution in [3.05, 3.63) is 41.6 Å². The first-order valence-corrected chi connectivity index (χ1v) is 11.1. The van der Waals surface area contributed by atoms with Crippen molar-refractivity contribution in [2.75, 3.05) is 11.9 Å². The topological polar surface area (TPSA) is 101 Å². The van der Waals surface area contributed by atoms with Gasteiger partial charge in [-0.25, -0.2) is 9.78 Å². The van der Waals surface area contributed by atoms with Crippen LogP contribution in [0.15, 0.2) is 30.5 Å². The third-order valence-electron chi connectivity index (χ3n) is 5.72. The summed E-state index contributed by atoms with van der Waals surface area (Å²) in [5.74, 6) is 1.53. The monoisotopic (exact) mass is 455 g/mol. The number of hydrogen-bond acceptors (Lipinski definition) is 5. The fourth-order valence-corrected chi connectivity index (χ4v) is 4.13. The number of hydrogen-bond donors (Lipinski definition) is 2. The van der Waals surface area contributed by atoms with E-state index in [0.717, 1.165) is 16.9 Å². The summed E-state index contributed by atoms with van der Waals surface area (Å²) in [5, 5.41) is 12.4. The molecule has 2 heterocycles. The van der Waals surface area contributed by atoms with Gasteiger partial charge >= 0.3 is 6.09 Å². The minimum atomic E-state index is -1.14. The van der Waals surface area contributed by atoms with Gasteiger partial charge < -0.3 is 19.9 Å². The number of pyridine rings is 1. The maximum atomic E-state index is 12.9. The molecule has 0 saturated heterocycles. The van der Waals surface area contributed by atoms with Crippen LogP contribution in [-0.4, -0.2) is 45.2 Å². The molecule has 0 radical (unpaired) electrons. The number of aromatic nitrogens is 1. The lowest BCUT2D eigenvalue weighted by atomic mass is 9.85. The molecule has 1 aromatic carbocycles. The second-order valence-electron chi connectivity index (χ2n) is 9.98. The number of amides is 2. The second-order valence-corrected chi connectivity index (χ2v) is 9.98. The maximum Gasteiger partial charge on any atom is 0.408 e. The van der Waals surface area contributed by atoms with E-state index >= 15 is 0 Å². The summed E-state index contributed by atoms with van der Waals surface area (Å²) in [6.45, 7) is 13.9. The molecule has 0 spiro atoms. The number of fused-ring (bicyclic) bond motifs is 1. The number of anilines is 1.